The number of rotatable bonds is 7. The van der Waals surface area contributed by atoms with E-state index < -0.39 is 29.2 Å². The minimum absolute atomic E-state index is 0.0489. The van der Waals surface area contributed by atoms with Crippen molar-refractivity contribution in [1.29, 1.82) is 0 Å². The molecule has 1 atom stereocenters. The fourth-order valence-electron chi connectivity index (χ4n) is 1.72. The molecule has 1 rings (SSSR count). The second-order valence-corrected chi connectivity index (χ2v) is 5.60. The van der Waals surface area contributed by atoms with E-state index in [9.17, 15) is 19.2 Å². The first-order valence-corrected chi connectivity index (χ1v) is 7.85. The average molecular weight is 355 g/mol. The number of carboxylic acid groups (broad SMARTS) is 1. The summed E-state index contributed by atoms with van der Waals surface area (Å²) in [6.45, 7) is 1.21. The van der Waals surface area contributed by atoms with E-state index in [0.29, 0.717) is 0 Å². The molecule has 0 aliphatic rings. The minimum Gasteiger partial charge on any atom is -0.480 e. The number of para-hydroxylation sites is 1. The van der Waals surface area contributed by atoms with Crippen molar-refractivity contribution >= 4 is 34.9 Å². The number of aliphatic carboxylic acids is 1. The van der Waals surface area contributed by atoms with E-state index in [-0.39, 0.29) is 23.5 Å². The van der Waals surface area contributed by atoms with Crippen LogP contribution in [0.1, 0.15) is 23.7 Å². The second kappa shape index (κ2) is 9.56. The van der Waals surface area contributed by atoms with E-state index in [1.807, 2.05) is 0 Å². The molecule has 0 aliphatic heterocycles. The van der Waals surface area contributed by atoms with Crippen LogP contribution >= 0.6 is 11.8 Å². The molecule has 1 amide bonds. The van der Waals surface area contributed by atoms with Crippen LogP contribution < -0.4 is 10.1 Å². The highest BCUT2D eigenvalue weighted by atomic mass is 32.2. The van der Waals surface area contributed by atoms with Crippen LogP contribution in [0.4, 0.5) is 4.79 Å². The summed E-state index contributed by atoms with van der Waals surface area (Å²) in [5.74, 6) is -2.12. The molecular formula is C15H17NO7S. The summed E-state index contributed by atoms with van der Waals surface area (Å²) in [5, 5.41) is 10.5. The number of hydrogen-bond acceptors (Lipinski definition) is 7. The molecule has 1 aromatic carbocycles. The van der Waals surface area contributed by atoms with Crippen molar-refractivity contribution in [3.05, 3.63) is 29.8 Å². The number of methoxy groups -OCH3 is 1. The number of esters is 1. The van der Waals surface area contributed by atoms with Gasteiger partial charge in [-0.25, -0.2) is 14.4 Å². The first-order valence-electron chi connectivity index (χ1n) is 6.87. The standard InChI is InChI=1S/C15H17NO7S/c1-9(17)16-11(13(18)19)7-8-24-15(21)23-12-6-4-3-5-10(12)14(20)22-2/h3-6,11H,7-8H2,1-2H3,(H,16,17)(H,18,19). The summed E-state index contributed by atoms with van der Waals surface area (Å²) >= 11 is 0.744. The number of amides is 1. The maximum Gasteiger partial charge on any atom is 0.372 e. The highest BCUT2D eigenvalue weighted by molar-refractivity contribution is 8.13. The molecule has 0 spiro atoms. The molecule has 0 radical (unpaired) electrons. The molecule has 2 N–H and O–H groups in total. The number of ether oxygens (including phenoxy) is 2. The summed E-state index contributed by atoms with van der Waals surface area (Å²) in [6, 6.07) is 5.02. The predicted molar refractivity (Wildman–Crippen MR) is 86.1 cm³/mol. The summed E-state index contributed by atoms with van der Waals surface area (Å²) in [6.07, 6.45) is 0.0489. The molecule has 24 heavy (non-hydrogen) atoms. The van der Waals surface area contributed by atoms with Crippen molar-refractivity contribution in [2.75, 3.05) is 12.9 Å². The van der Waals surface area contributed by atoms with Crippen LogP contribution in [0.25, 0.3) is 0 Å². The maximum absolute atomic E-state index is 11.8. The Labute approximate surface area is 142 Å². The van der Waals surface area contributed by atoms with Crippen LogP contribution in [0.15, 0.2) is 24.3 Å². The zero-order valence-corrected chi connectivity index (χ0v) is 13.9. The van der Waals surface area contributed by atoms with Gasteiger partial charge in [0.15, 0.2) is 0 Å². The Morgan fingerprint density at radius 2 is 1.92 bits per heavy atom. The largest absolute Gasteiger partial charge is 0.480 e. The Morgan fingerprint density at radius 3 is 2.50 bits per heavy atom. The number of thioether (sulfide) groups is 1. The van der Waals surface area contributed by atoms with Crippen LogP contribution in [0.3, 0.4) is 0 Å². The van der Waals surface area contributed by atoms with Crippen LogP contribution in [-0.4, -0.2) is 47.2 Å². The van der Waals surface area contributed by atoms with Gasteiger partial charge in [-0.1, -0.05) is 12.1 Å². The first kappa shape index (κ1) is 19.5. The Kier molecular flexibility index (Phi) is 7.76. The van der Waals surface area contributed by atoms with Gasteiger partial charge in [0.1, 0.15) is 17.4 Å². The molecule has 1 unspecified atom stereocenters. The zero-order chi connectivity index (χ0) is 18.1. The van der Waals surface area contributed by atoms with Gasteiger partial charge in [-0.05, 0) is 30.3 Å². The van der Waals surface area contributed by atoms with Gasteiger partial charge >= 0.3 is 17.2 Å². The highest BCUT2D eigenvalue weighted by Gasteiger charge is 2.20. The smallest absolute Gasteiger partial charge is 0.372 e. The molecule has 1 aromatic rings. The zero-order valence-electron chi connectivity index (χ0n) is 13.1. The number of carboxylic acids is 1. The van der Waals surface area contributed by atoms with Gasteiger partial charge in [0, 0.05) is 12.7 Å². The van der Waals surface area contributed by atoms with Gasteiger partial charge in [-0.3, -0.25) is 4.79 Å². The van der Waals surface area contributed by atoms with Gasteiger partial charge in [-0.2, -0.15) is 0 Å². The Hall–Kier alpha value is -2.55. The van der Waals surface area contributed by atoms with Crippen LogP contribution in [0.5, 0.6) is 5.75 Å². The number of benzene rings is 1. The van der Waals surface area contributed by atoms with Crippen molar-refractivity contribution in [2.45, 2.75) is 19.4 Å². The third-order valence-electron chi connectivity index (χ3n) is 2.79. The molecular weight excluding hydrogens is 338 g/mol. The van der Waals surface area contributed by atoms with E-state index in [1.165, 1.54) is 26.2 Å². The summed E-state index contributed by atoms with van der Waals surface area (Å²) in [5.41, 5.74) is 0.107. The first-order chi connectivity index (χ1) is 11.3. The molecule has 0 aromatic heterocycles. The van der Waals surface area contributed by atoms with Crippen LogP contribution in [-0.2, 0) is 14.3 Å². The molecule has 8 nitrogen and oxygen atoms in total. The van der Waals surface area contributed by atoms with E-state index in [4.69, 9.17) is 9.84 Å². The van der Waals surface area contributed by atoms with Crippen LogP contribution in [0, 0.1) is 0 Å². The fraction of sp³-hybridized carbons (Fsp3) is 0.333. The lowest BCUT2D eigenvalue weighted by Crippen LogP contribution is -2.40. The molecule has 0 bridgehead atoms. The third-order valence-corrected chi connectivity index (χ3v) is 3.55. The molecule has 9 heteroatoms. The molecule has 0 heterocycles. The SMILES string of the molecule is COC(=O)c1ccccc1OC(=O)SCCC(NC(C)=O)C(=O)O. The lowest BCUT2D eigenvalue weighted by atomic mass is 10.2. The third kappa shape index (κ3) is 6.29. The molecule has 0 fully saturated rings. The Morgan fingerprint density at radius 1 is 1.25 bits per heavy atom. The quantitative estimate of drug-likeness (QED) is 0.709. The molecule has 0 aliphatic carbocycles. The predicted octanol–water partition coefficient (Wildman–Crippen LogP) is 1.68. The second-order valence-electron chi connectivity index (χ2n) is 4.57. The average Bonchev–Trinajstić information content (AvgIpc) is 2.53. The Balaban J connectivity index is 2.57. The van der Waals surface area contributed by atoms with Gasteiger partial charge in [-0.15, -0.1) is 0 Å². The topological polar surface area (TPSA) is 119 Å². The summed E-state index contributed by atoms with van der Waals surface area (Å²) in [4.78, 5) is 45.2. The fourth-order valence-corrected chi connectivity index (χ4v) is 2.39. The lowest BCUT2D eigenvalue weighted by molar-refractivity contribution is -0.141. The molecule has 0 saturated carbocycles. The number of carbonyl (C=O) groups is 4. The van der Waals surface area contributed by atoms with Crippen molar-refractivity contribution in [3.63, 3.8) is 0 Å². The van der Waals surface area contributed by atoms with Gasteiger partial charge in [0.2, 0.25) is 5.91 Å². The normalized spacial score (nSPS) is 11.2. The minimum atomic E-state index is -1.18. The number of carbonyl (C=O) groups excluding carboxylic acids is 3. The van der Waals surface area contributed by atoms with Crippen molar-refractivity contribution in [3.8, 4) is 5.75 Å². The summed E-state index contributed by atoms with van der Waals surface area (Å²) < 4.78 is 9.67. The summed E-state index contributed by atoms with van der Waals surface area (Å²) in [7, 11) is 1.21. The van der Waals surface area contributed by atoms with Gasteiger partial charge < -0.3 is 19.9 Å². The number of nitrogens with one attached hydrogen (secondary N) is 1. The van der Waals surface area contributed by atoms with Crippen LogP contribution in [0.2, 0.25) is 0 Å². The highest BCUT2D eigenvalue weighted by Crippen LogP contribution is 2.21. The van der Waals surface area contributed by atoms with E-state index in [0.717, 1.165) is 11.8 Å². The molecule has 130 valence electrons. The monoisotopic (exact) mass is 355 g/mol. The van der Waals surface area contributed by atoms with Gasteiger partial charge in [0.05, 0.1) is 7.11 Å². The van der Waals surface area contributed by atoms with E-state index in [1.54, 1.807) is 12.1 Å². The van der Waals surface area contributed by atoms with E-state index in [2.05, 4.69) is 10.1 Å². The van der Waals surface area contributed by atoms with Crippen molar-refractivity contribution in [1.82, 2.24) is 5.32 Å². The Bertz CT molecular complexity index is 632. The lowest BCUT2D eigenvalue weighted by Gasteiger charge is -2.12. The van der Waals surface area contributed by atoms with Crippen molar-refractivity contribution < 1.29 is 33.8 Å². The number of hydrogen-bond donors (Lipinski definition) is 2. The molecule has 0 saturated heterocycles. The van der Waals surface area contributed by atoms with Crippen molar-refractivity contribution in [2.24, 2.45) is 0 Å². The maximum atomic E-state index is 11.8. The van der Waals surface area contributed by atoms with Gasteiger partial charge in [0.25, 0.3) is 0 Å². The van der Waals surface area contributed by atoms with E-state index >= 15 is 0 Å².